The molecule has 0 fully saturated rings. The Morgan fingerprint density at radius 2 is 2.40 bits per heavy atom. The first-order valence-electron chi connectivity index (χ1n) is 4.91. The number of thiazole rings is 1. The Kier molecular flexibility index (Phi) is 4.23. The molecule has 0 bridgehead atoms. The van der Waals surface area contributed by atoms with Gasteiger partial charge in [0.2, 0.25) is 5.91 Å². The molecule has 4 nitrogen and oxygen atoms in total. The number of rotatable bonds is 4. The maximum absolute atomic E-state index is 11.7. The maximum Gasteiger partial charge on any atom is 0.226 e. The van der Waals surface area contributed by atoms with Crippen LogP contribution in [0.25, 0.3) is 0 Å². The zero-order chi connectivity index (χ0) is 11.4. The first-order chi connectivity index (χ1) is 7.04. The van der Waals surface area contributed by atoms with Crippen LogP contribution in [0.5, 0.6) is 0 Å². The highest BCUT2D eigenvalue weighted by atomic mass is 32.1. The molecule has 1 heterocycles. The van der Waals surface area contributed by atoms with Gasteiger partial charge in [-0.1, -0.05) is 6.92 Å². The molecule has 2 N–H and O–H groups in total. The third-order valence-corrected chi connectivity index (χ3v) is 3.11. The summed E-state index contributed by atoms with van der Waals surface area (Å²) in [5, 5.41) is 1.03. The van der Waals surface area contributed by atoms with Gasteiger partial charge in [-0.05, 0) is 6.92 Å². The van der Waals surface area contributed by atoms with E-state index in [0.717, 1.165) is 9.88 Å². The Hall–Kier alpha value is -0.940. The van der Waals surface area contributed by atoms with Crippen LogP contribution in [0.1, 0.15) is 16.8 Å². The van der Waals surface area contributed by atoms with Crippen molar-refractivity contribution >= 4 is 17.2 Å². The summed E-state index contributed by atoms with van der Waals surface area (Å²) in [4.78, 5) is 18.7. The largest absolute Gasteiger partial charge is 0.340 e. The molecular weight excluding hydrogens is 210 g/mol. The molecule has 0 radical (unpaired) electrons. The molecule has 0 aromatic carbocycles. The fourth-order valence-electron chi connectivity index (χ4n) is 1.27. The molecule has 1 amide bonds. The van der Waals surface area contributed by atoms with Crippen LogP contribution >= 0.6 is 11.3 Å². The van der Waals surface area contributed by atoms with Gasteiger partial charge in [-0.25, -0.2) is 4.98 Å². The molecule has 84 valence electrons. The molecule has 0 saturated heterocycles. The number of carbonyl (C=O) groups is 1. The summed E-state index contributed by atoms with van der Waals surface area (Å²) < 4.78 is 0. The van der Waals surface area contributed by atoms with Gasteiger partial charge in [0.25, 0.3) is 0 Å². The monoisotopic (exact) mass is 227 g/mol. The summed E-state index contributed by atoms with van der Waals surface area (Å²) in [7, 11) is 1.80. The lowest BCUT2D eigenvalue weighted by molar-refractivity contribution is -0.133. The predicted molar refractivity (Wildman–Crippen MR) is 61.5 cm³/mol. The van der Waals surface area contributed by atoms with Crippen LogP contribution in [-0.4, -0.2) is 29.4 Å². The van der Waals surface area contributed by atoms with Gasteiger partial charge in [-0.3, -0.25) is 4.79 Å². The second-order valence-electron chi connectivity index (χ2n) is 3.68. The highest BCUT2D eigenvalue weighted by Crippen LogP contribution is 2.14. The van der Waals surface area contributed by atoms with Gasteiger partial charge in [0.1, 0.15) is 0 Å². The molecule has 0 aliphatic heterocycles. The zero-order valence-electron chi connectivity index (χ0n) is 9.36. The van der Waals surface area contributed by atoms with Crippen molar-refractivity contribution in [3.05, 3.63) is 16.1 Å². The molecule has 1 atom stereocenters. The fraction of sp³-hybridized carbons (Fsp3) is 0.600. The van der Waals surface area contributed by atoms with Crippen molar-refractivity contribution < 1.29 is 4.79 Å². The normalized spacial score (nSPS) is 12.5. The van der Waals surface area contributed by atoms with Gasteiger partial charge in [0.05, 0.1) is 11.6 Å². The van der Waals surface area contributed by atoms with Gasteiger partial charge in [0, 0.05) is 30.6 Å². The van der Waals surface area contributed by atoms with Crippen LogP contribution in [0.15, 0.2) is 6.20 Å². The summed E-state index contributed by atoms with van der Waals surface area (Å²) in [5.41, 5.74) is 5.45. The summed E-state index contributed by atoms with van der Waals surface area (Å²) in [5.74, 6) is -0.0208. The van der Waals surface area contributed by atoms with Crippen LogP contribution in [0.4, 0.5) is 0 Å². The van der Waals surface area contributed by atoms with Crippen molar-refractivity contribution in [2.75, 3.05) is 13.6 Å². The van der Waals surface area contributed by atoms with Crippen molar-refractivity contribution in [3.63, 3.8) is 0 Å². The van der Waals surface area contributed by atoms with Crippen LogP contribution < -0.4 is 5.73 Å². The van der Waals surface area contributed by atoms with Crippen LogP contribution in [0.3, 0.4) is 0 Å². The topological polar surface area (TPSA) is 59.2 Å². The molecule has 0 spiro atoms. The third-order valence-electron chi connectivity index (χ3n) is 2.21. The van der Waals surface area contributed by atoms with E-state index < -0.39 is 0 Å². The lowest BCUT2D eigenvalue weighted by Crippen LogP contribution is -2.34. The van der Waals surface area contributed by atoms with Crippen LogP contribution in [-0.2, 0) is 11.3 Å². The van der Waals surface area contributed by atoms with Gasteiger partial charge in [0.15, 0.2) is 0 Å². The Bertz CT molecular complexity index is 337. The van der Waals surface area contributed by atoms with E-state index in [1.165, 1.54) is 0 Å². The highest BCUT2D eigenvalue weighted by molar-refractivity contribution is 7.11. The van der Waals surface area contributed by atoms with E-state index in [1.807, 2.05) is 20.0 Å². The lowest BCUT2D eigenvalue weighted by atomic mass is 10.1. The second kappa shape index (κ2) is 5.23. The Morgan fingerprint density at radius 3 is 2.87 bits per heavy atom. The maximum atomic E-state index is 11.7. The van der Waals surface area contributed by atoms with Crippen molar-refractivity contribution in [1.82, 2.24) is 9.88 Å². The minimum absolute atomic E-state index is 0.0866. The smallest absolute Gasteiger partial charge is 0.226 e. The predicted octanol–water partition coefficient (Wildman–Crippen LogP) is 1.00. The van der Waals surface area contributed by atoms with Crippen LogP contribution in [0, 0.1) is 12.8 Å². The average Bonchev–Trinajstić information content (AvgIpc) is 2.61. The first-order valence-corrected chi connectivity index (χ1v) is 5.72. The first kappa shape index (κ1) is 12.1. The van der Waals surface area contributed by atoms with E-state index >= 15 is 0 Å². The Morgan fingerprint density at radius 1 is 1.73 bits per heavy atom. The van der Waals surface area contributed by atoms with E-state index in [9.17, 15) is 4.79 Å². The molecule has 0 saturated carbocycles. The summed E-state index contributed by atoms with van der Waals surface area (Å²) in [6.07, 6.45) is 1.82. The fourth-order valence-corrected chi connectivity index (χ4v) is 2.12. The zero-order valence-corrected chi connectivity index (χ0v) is 10.2. The number of nitrogens with two attached hydrogens (primary N) is 1. The standard InChI is InChI=1S/C10H17N3OS/c1-7(4-11)10(14)13(3)6-9-5-12-8(2)15-9/h5,7H,4,6,11H2,1-3H3. The summed E-state index contributed by atoms with van der Waals surface area (Å²) >= 11 is 1.62. The lowest BCUT2D eigenvalue weighted by Gasteiger charge is -2.19. The molecule has 0 aliphatic rings. The average molecular weight is 227 g/mol. The number of carbonyl (C=O) groups excluding carboxylic acids is 1. The van der Waals surface area contributed by atoms with Crippen molar-refractivity contribution in [1.29, 1.82) is 0 Å². The minimum Gasteiger partial charge on any atom is -0.340 e. The van der Waals surface area contributed by atoms with Gasteiger partial charge >= 0.3 is 0 Å². The second-order valence-corrected chi connectivity index (χ2v) is 5.00. The van der Waals surface area contributed by atoms with Gasteiger partial charge < -0.3 is 10.6 Å². The van der Waals surface area contributed by atoms with E-state index in [4.69, 9.17) is 5.73 Å². The van der Waals surface area contributed by atoms with E-state index in [2.05, 4.69) is 4.98 Å². The van der Waals surface area contributed by atoms with E-state index in [0.29, 0.717) is 13.1 Å². The van der Waals surface area contributed by atoms with E-state index in [-0.39, 0.29) is 11.8 Å². The SMILES string of the molecule is Cc1ncc(CN(C)C(=O)C(C)CN)s1. The molecule has 1 aromatic rings. The molecule has 1 unspecified atom stereocenters. The number of aromatic nitrogens is 1. The quantitative estimate of drug-likeness (QED) is 0.835. The molecule has 1 rings (SSSR count). The molecular formula is C10H17N3OS. The summed E-state index contributed by atoms with van der Waals surface area (Å²) in [6.45, 7) is 4.81. The highest BCUT2D eigenvalue weighted by Gasteiger charge is 2.16. The Balaban J connectivity index is 2.55. The van der Waals surface area contributed by atoms with Crippen LogP contribution in [0.2, 0.25) is 0 Å². The van der Waals surface area contributed by atoms with E-state index in [1.54, 1.807) is 23.3 Å². The molecule has 0 aliphatic carbocycles. The van der Waals surface area contributed by atoms with Crippen molar-refractivity contribution in [3.8, 4) is 0 Å². The summed E-state index contributed by atoms with van der Waals surface area (Å²) in [6, 6.07) is 0. The molecule has 5 heteroatoms. The van der Waals surface area contributed by atoms with Gasteiger partial charge in [-0.15, -0.1) is 11.3 Å². The number of aryl methyl sites for hydroxylation is 1. The number of nitrogens with zero attached hydrogens (tertiary/aromatic N) is 2. The van der Waals surface area contributed by atoms with Gasteiger partial charge in [-0.2, -0.15) is 0 Å². The number of hydrogen-bond donors (Lipinski definition) is 1. The number of amides is 1. The van der Waals surface area contributed by atoms with Crippen molar-refractivity contribution in [2.24, 2.45) is 11.7 Å². The molecule has 1 aromatic heterocycles. The van der Waals surface area contributed by atoms with Crippen molar-refractivity contribution in [2.45, 2.75) is 20.4 Å². The minimum atomic E-state index is -0.107. The molecule has 15 heavy (non-hydrogen) atoms. The third kappa shape index (κ3) is 3.28. The number of hydrogen-bond acceptors (Lipinski definition) is 4. The Labute approximate surface area is 94.1 Å².